The van der Waals surface area contributed by atoms with Crippen molar-refractivity contribution in [1.82, 2.24) is 4.57 Å². The van der Waals surface area contributed by atoms with Gasteiger partial charge in [0, 0.05) is 30.2 Å². The molecular formula is C16H20N2O. The molecule has 0 amide bonds. The summed E-state index contributed by atoms with van der Waals surface area (Å²) in [5.74, 6) is 0.889. The fourth-order valence-electron chi connectivity index (χ4n) is 2.71. The number of hydrogen-bond acceptors (Lipinski definition) is 2. The smallest absolute Gasteiger partial charge is 0.252 e. The van der Waals surface area contributed by atoms with E-state index in [1.54, 1.807) is 10.6 Å². The highest BCUT2D eigenvalue weighted by molar-refractivity contribution is 5.91. The third-order valence-electron chi connectivity index (χ3n) is 3.94. The van der Waals surface area contributed by atoms with Crippen LogP contribution in [0.4, 0.5) is 5.69 Å². The van der Waals surface area contributed by atoms with Crippen LogP contribution in [0.5, 0.6) is 0 Å². The van der Waals surface area contributed by atoms with Crippen LogP contribution >= 0.6 is 0 Å². The molecule has 0 saturated heterocycles. The largest absolute Gasteiger partial charge is 0.382 e. The molecule has 0 aliphatic heterocycles. The second-order valence-corrected chi connectivity index (χ2v) is 5.70. The van der Waals surface area contributed by atoms with Gasteiger partial charge in [0.15, 0.2) is 0 Å². The van der Waals surface area contributed by atoms with Gasteiger partial charge in [0.1, 0.15) is 0 Å². The van der Waals surface area contributed by atoms with E-state index in [1.807, 2.05) is 25.2 Å². The number of pyridine rings is 1. The van der Waals surface area contributed by atoms with E-state index >= 15 is 0 Å². The monoisotopic (exact) mass is 256 g/mol. The highest BCUT2D eigenvalue weighted by Gasteiger charge is 2.23. The number of nitrogens with one attached hydrogen (secondary N) is 1. The molecule has 1 unspecified atom stereocenters. The van der Waals surface area contributed by atoms with Gasteiger partial charge in [-0.25, -0.2) is 0 Å². The van der Waals surface area contributed by atoms with E-state index in [1.165, 1.54) is 19.3 Å². The predicted octanol–water partition coefficient (Wildman–Crippen LogP) is 3.14. The van der Waals surface area contributed by atoms with Crippen LogP contribution < -0.4 is 10.9 Å². The summed E-state index contributed by atoms with van der Waals surface area (Å²) < 4.78 is 1.70. The maximum Gasteiger partial charge on any atom is 0.252 e. The van der Waals surface area contributed by atoms with E-state index in [-0.39, 0.29) is 5.56 Å². The summed E-state index contributed by atoms with van der Waals surface area (Å²) in [5, 5.41) is 4.63. The maximum absolute atomic E-state index is 12.0. The van der Waals surface area contributed by atoms with Gasteiger partial charge in [0.2, 0.25) is 0 Å². The van der Waals surface area contributed by atoms with Crippen molar-refractivity contribution in [3.8, 4) is 0 Å². The number of para-hydroxylation sites is 1. The molecule has 19 heavy (non-hydrogen) atoms. The lowest BCUT2D eigenvalue weighted by Crippen LogP contribution is -2.21. The van der Waals surface area contributed by atoms with Gasteiger partial charge in [0.05, 0.1) is 5.52 Å². The third-order valence-corrected chi connectivity index (χ3v) is 3.94. The first kappa shape index (κ1) is 12.3. The Morgan fingerprint density at radius 3 is 2.84 bits per heavy atom. The van der Waals surface area contributed by atoms with Gasteiger partial charge in [-0.05, 0) is 25.3 Å². The van der Waals surface area contributed by atoms with Crippen molar-refractivity contribution in [2.45, 2.75) is 32.2 Å². The molecule has 1 aromatic carbocycles. The zero-order valence-electron chi connectivity index (χ0n) is 11.5. The van der Waals surface area contributed by atoms with Crippen molar-refractivity contribution >= 4 is 16.6 Å². The van der Waals surface area contributed by atoms with Crippen molar-refractivity contribution in [1.29, 1.82) is 0 Å². The van der Waals surface area contributed by atoms with Crippen molar-refractivity contribution < 1.29 is 0 Å². The molecule has 1 heterocycles. The van der Waals surface area contributed by atoms with Crippen LogP contribution in [-0.4, -0.2) is 10.6 Å². The molecule has 100 valence electrons. The average molecular weight is 256 g/mol. The molecule has 1 atom stereocenters. The van der Waals surface area contributed by atoms with Gasteiger partial charge in [-0.1, -0.05) is 31.0 Å². The van der Waals surface area contributed by atoms with E-state index in [4.69, 9.17) is 0 Å². The van der Waals surface area contributed by atoms with Crippen molar-refractivity contribution in [2.75, 3.05) is 5.32 Å². The molecule has 1 aliphatic carbocycles. The first-order valence-electron chi connectivity index (χ1n) is 7.00. The Hall–Kier alpha value is -1.77. The third kappa shape index (κ3) is 2.50. The first-order valence-corrected chi connectivity index (χ1v) is 7.00. The summed E-state index contributed by atoms with van der Waals surface area (Å²) in [4.78, 5) is 12.0. The lowest BCUT2D eigenvalue weighted by atomic mass is 10.1. The summed E-state index contributed by atoms with van der Waals surface area (Å²) in [5.41, 5.74) is 1.99. The minimum atomic E-state index is 0.0415. The van der Waals surface area contributed by atoms with E-state index in [0.717, 1.165) is 22.5 Å². The molecule has 0 bridgehead atoms. The van der Waals surface area contributed by atoms with Crippen molar-refractivity contribution in [2.24, 2.45) is 13.0 Å². The lowest BCUT2D eigenvalue weighted by molar-refractivity contribution is 0.642. The van der Waals surface area contributed by atoms with Crippen LogP contribution in [-0.2, 0) is 7.05 Å². The second kappa shape index (κ2) is 4.72. The quantitative estimate of drug-likeness (QED) is 0.912. The van der Waals surface area contributed by atoms with Gasteiger partial charge in [-0.15, -0.1) is 0 Å². The fourth-order valence-corrected chi connectivity index (χ4v) is 2.71. The van der Waals surface area contributed by atoms with Gasteiger partial charge in [0.25, 0.3) is 5.56 Å². The van der Waals surface area contributed by atoms with E-state index in [2.05, 4.69) is 18.3 Å². The second-order valence-electron chi connectivity index (χ2n) is 5.70. The van der Waals surface area contributed by atoms with Crippen LogP contribution in [0.1, 0.15) is 26.2 Å². The number of hydrogen-bond donors (Lipinski definition) is 1. The zero-order valence-corrected chi connectivity index (χ0v) is 11.5. The fraction of sp³-hybridized carbons (Fsp3) is 0.438. The van der Waals surface area contributed by atoms with Crippen LogP contribution in [0.25, 0.3) is 10.9 Å². The Morgan fingerprint density at radius 1 is 1.37 bits per heavy atom. The van der Waals surface area contributed by atoms with E-state index in [9.17, 15) is 4.79 Å². The Bertz CT molecular complexity index is 655. The minimum absolute atomic E-state index is 0.0415. The lowest BCUT2D eigenvalue weighted by Gasteiger charge is -2.17. The summed E-state index contributed by atoms with van der Waals surface area (Å²) >= 11 is 0. The first-order chi connectivity index (χ1) is 9.15. The molecule has 0 spiro atoms. The number of rotatable bonds is 4. The Morgan fingerprint density at radius 2 is 2.11 bits per heavy atom. The van der Waals surface area contributed by atoms with E-state index in [0.29, 0.717) is 6.04 Å². The summed E-state index contributed by atoms with van der Waals surface area (Å²) in [6.45, 7) is 2.20. The molecule has 1 N–H and O–H groups in total. The minimum Gasteiger partial charge on any atom is -0.382 e. The molecule has 3 nitrogen and oxygen atoms in total. The molecule has 1 aromatic heterocycles. The Kier molecular flexibility index (Phi) is 3.05. The molecule has 3 heteroatoms. The molecule has 3 rings (SSSR count). The van der Waals surface area contributed by atoms with Crippen molar-refractivity contribution in [3.63, 3.8) is 0 Å². The van der Waals surface area contributed by atoms with Gasteiger partial charge >= 0.3 is 0 Å². The summed E-state index contributed by atoms with van der Waals surface area (Å²) in [6, 6.07) is 10.2. The molecule has 1 saturated carbocycles. The Balaban J connectivity index is 1.97. The molecule has 1 fully saturated rings. The average Bonchev–Trinajstić information content (AvgIpc) is 3.19. The van der Waals surface area contributed by atoms with Crippen LogP contribution in [0.15, 0.2) is 35.1 Å². The number of aromatic nitrogens is 1. The van der Waals surface area contributed by atoms with Gasteiger partial charge in [-0.3, -0.25) is 4.79 Å². The number of nitrogens with zero attached hydrogens (tertiary/aromatic N) is 1. The number of aryl methyl sites for hydroxylation is 1. The van der Waals surface area contributed by atoms with Crippen molar-refractivity contribution in [3.05, 3.63) is 40.7 Å². The highest BCUT2D eigenvalue weighted by Crippen LogP contribution is 2.34. The maximum atomic E-state index is 12.0. The normalized spacial score (nSPS) is 16.5. The topological polar surface area (TPSA) is 34.0 Å². The standard InChI is InChI=1S/C16H20N2O/c1-11(9-12-7-8-12)17-14-10-16(19)18(2)15-6-4-3-5-13(14)15/h3-6,10-12,17H,7-9H2,1-2H3. The van der Waals surface area contributed by atoms with E-state index < -0.39 is 0 Å². The van der Waals surface area contributed by atoms with Gasteiger partial charge < -0.3 is 9.88 Å². The predicted molar refractivity (Wildman–Crippen MR) is 79.6 cm³/mol. The zero-order chi connectivity index (χ0) is 13.4. The SMILES string of the molecule is CC(CC1CC1)Nc1cc(=O)n(C)c2ccccc12. The molecule has 0 radical (unpaired) electrons. The Labute approximate surface area is 113 Å². The number of benzene rings is 1. The summed E-state index contributed by atoms with van der Waals surface area (Å²) in [6.07, 6.45) is 3.93. The summed E-state index contributed by atoms with van der Waals surface area (Å²) in [7, 11) is 1.82. The van der Waals surface area contributed by atoms with Crippen LogP contribution in [0.2, 0.25) is 0 Å². The van der Waals surface area contributed by atoms with Crippen LogP contribution in [0, 0.1) is 5.92 Å². The van der Waals surface area contributed by atoms with Gasteiger partial charge in [-0.2, -0.15) is 0 Å². The number of fused-ring (bicyclic) bond motifs is 1. The number of anilines is 1. The van der Waals surface area contributed by atoms with Crippen LogP contribution in [0.3, 0.4) is 0 Å². The molecule has 1 aliphatic rings. The highest BCUT2D eigenvalue weighted by atomic mass is 16.1. The molecule has 2 aromatic rings. The molecular weight excluding hydrogens is 236 g/mol.